The smallest absolute Gasteiger partial charge is 0.261 e. The maximum atomic E-state index is 12.8. The fourth-order valence-electron chi connectivity index (χ4n) is 4.04. The van der Waals surface area contributed by atoms with Crippen molar-refractivity contribution in [3.05, 3.63) is 63.3 Å². The van der Waals surface area contributed by atoms with E-state index < -0.39 is 0 Å². The molecular formula is C22H24N2O2S. The van der Waals surface area contributed by atoms with Gasteiger partial charge in [0.25, 0.3) is 5.91 Å². The average molecular weight is 381 g/mol. The fraction of sp³-hybridized carbons (Fsp3) is 0.364. The maximum absolute atomic E-state index is 12.8. The van der Waals surface area contributed by atoms with Crippen molar-refractivity contribution in [1.29, 1.82) is 0 Å². The molecule has 0 atom stereocenters. The van der Waals surface area contributed by atoms with E-state index in [4.69, 9.17) is 0 Å². The molecule has 0 saturated heterocycles. The van der Waals surface area contributed by atoms with E-state index in [1.54, 1.807) is 6.07 Å². The van der Waals surface area contributed by atoms with Crippen molar-refractivity contribution in [3.63, 3.8) is 0 Å². The molecule has 5 heteroatoms. The second-order valence-corrected chi connectivity index (χ2v) is 8.19. The van der Waals surface area contributed by atoms with E-state index in [1.807, 2.05) is 23.6 Å². The number of aromatic nitrogens is 1. The van der Waals surface area contributed by atoms with Gasteiger partial charge in [-0.05, 0) is 41.8 Å². The van der Waals surface area contributed by atoms with Gasteiger partial charge in [0.2, 0.25) is 5.43 Å². The Morgan fingerprint density at radius 2 is 1.78 bits per heavy atom. The number of rotatable bonds is 3. The molecule has 4 nitrogen and oxygen atoms in total. The van der Waals surface area contributed by atoms with Gasteiger partial charge in [0.05, 0.1) is 5.39 Å². The summed E-state index contributed by atoms with van der Waals surface area (Å²) in [5.41, 5.74) is 1.97. The highest BCUT2D eigenvalue weighted by Crippen LogP contribution is 2.35. The summed E-state index contributed by atoms with van der Waals surface area (Å²) in [5, 5.41) is 5.43. The van der Waals surface area contributed by atoms with Gasteiger partial charge < -0.3 is 10.3 Å². The monoisotopic (exact) mass is 380 g/mol. The molecule has 1 aliphatic rings. The number of nitrogens with one attached hydrogen (secondary N) is 2. The van der Waals surface area contributed by atoms with Crippen LogP contribution in [0.2, 0.25) is 0 Å². The van der Waals surface area contributed by atoms with Gasteiger partial charge in [-0.2, -0.15) is 0 Å². The van der Waals surface area contributed by atoms with Crippen LogP contribution in [0.25, 0.3) is 10.2 Å². The highest BCUT2D eigenvalue weighted by atomic mass is 32.1. The minimum absolute atomic E-state index is 0.161. The van der Waals surface area contributed by atoms with Crippen molar-refractivity contribution in [2.75, 3.05) is 5.32 Å². The van der Waals surface area contributed by atoms with Crippen LogP contribution in [-0.2, 0) is 0 Å². The van der Waals surface area contributed by atoms with E-state index in [9.17, 15) is 9.59 Å². The van der Waals surface area contributed by atoms with E-state index in [0.29, 0.717) is 11.3 Å². The van der Waals surface area contributed by atoms with Crippen molar-refractivity contribution in [3.8, 4) is 0 Å². The first-order valence-electron chi connectivity index (χ1n) is 9.73. The molecule has 1 fully saturated rings. The Kier molecular flexibility index (Phi) is 5.39. The van der Waals surface area contributed by atoms with E-state index in [0.717, 1.165) is 23.4 Å². The van der Waals surface area contributed by atoms with Gasteiger partial charge in [0.1, 0.15) is 10.4 Å². The molecule has 0 unspecified atom stereocenters. The summed E-state index contributed by atoms with van der Waals surface area (Å²) in [7, 11) is 0. The quantitative estimate of drug-likeness (QED) is 0.615. The fourth-order valence-corrected chi connectivity index (χ4v) is 4.80. The SMILES string of the molecule is O=C(Nc1ccccc1C1CCCCCCC1)c1c[nH]c2sccc2c1=O. The molecule has 0 aliphatic heterocycles. The second-order valence-electron chi connectivity index (χ2n) is 7.28. The number of H-pyrrole nitrogens is 1. The first-order valence-corrected chi connectivity index (χ1v) is 10.6. The number of anilines is 1. The molecule has 1 amide bonds. The molecular weight excluding hydrogens is 356 g/mol. The van der Waals surface area contributed by atoms with E-state index in [1.165, 1.54) is 55.2 Å². The number of thiophene rings is 1. The standard InChI is InChI=1S/C22H24N2O2S/c25-20-17-12-13-27-22(17)23-14-18(20)21(26)24-19-11-7-6-10-16(19)15-8-4-2-1-3-5-9-15/h6-7,10-15H,1-5,8-9H2,(H,23,25)(H,24,26). The van der Waals surface area contributed by atoms with Crippen LogP contribution in [0.5, 0.6) is 0 Å². The zero-order valence-corrected chi connectivity index (χ0v) is 16.1. The molecule has 140 valence electrons. The van der Waals surface area contributed by atoms with Crippen molar-refractivity contribution >= 4 is 33.1 Å². The number of carbonyl (C=O) groups is 1. The normalized spacial score (nSPS) is 16.0. The predicted octanol–water partition coefficient (Wildman–Crippen LogP) is 5.67. The highest BCUT2D eigenvalue weighted by Gasteiger charge is 2.19. The van der Waals surface area contributed by atoms with Crippen LogP contribution in [0.1, 0.15) is 66.8 Å². The topological polar surface area (TPSA) is 62.0 Å². The molecule has 1 aromatic carbocycles. The number of aromatic amines is 1. The summed E-state index contributed by atoms with van der Waals surface area (Å²) in [6.45, 7) is 0. The number of benzene rings is 1. The maximum Gasteiger partial charge on any atom is 0.261 e. The molecule has 4 rings (SSSR count). The average Bonchev–Trinajstić information content (AvgIpc) is 3.12. The minimum Gasteiger partial charge on any atom is -0.352 e. The Morgan fingerprint density at radius 1 is 1.04 bits per heavy atom. The van der Waals surface area contributed by atoms with Crippen LogP contribution in [-0.4, -0.2) is 10.9 Å². The number of amides is 1. The summed E-state index contributed by atoms with van der Waals surface area (Å²) in [6, 6.07) is 9.80. The van der Waals surface area contributed by atoms with E-state index >= 15 is 0 Å². The lowest BCUT2D eigenvalue weighted by molar-refractivity contribution is 0.102. The number of para-hydroxylation sites is 1. The van der Waals surface area contributed by atoms with E-state index in [-0.39, 0.29) is 16.9 Å². The Morgan fingerprint density at radius 3 is 2.59 bits per heavy atom. The van der Waals surface area contributed by atoms with Crippen LogP contribution >= 0.6 is 11.3 Å². The largest absolute Gasteiger partial charge is 0.352 e. The molecule has 2 N–H and O–H groups in total. The summed E-state index contributed by atoms with van der Waals surface area (Å²) in [6.07, 6.45) is 10.2. The highest BCUT2D eigenvalue weighted by molar-refractivity contribution is 7.16. The number of hydrogen-bond donors (Lipinski definition) is 2. The molecule has 1 aliphatic carbocycles. The number of carbonyl (C=O) groups excluding carboxylic acids is 1. The molecule has 0 bridgehead atoms. The molecule has 27 heavy (non-hydrogen) atoms. The molecule has 1 saturated carbocycles. The second kappa shape index (κ2) is 8.09. The van der Waals surface area contributed by atoms with Gasteiger partial charge in [-0.25, -0.2) is 0 Å². The Bertz CT molecular complexity index is 997. The van der Waals surface area contributed by atoms with Crippen molar-refractivity contribution in [2.24, 2.45) is 0 Å². The predicted molar refractivity (Wildman–Crippen MR) is 112 cm³/mol. The van der Waals surface area contributed by atoms with Crippen LogP contribution in [0.4, 0.5) is 5.69 Å². The third kappa shape index (κ3) is 3.83. The molecule has 3 aromatic rings. The van der Waals surface area contributed by atoms with Crippen LogP contribution in [0.15, 0.2) is 46.7 Å². The van der Waals surface area contributed by atoms with Crippen molar-refractivity contribution in [1.82, 2.24) is 4.98 Å². The molecule has 2 heterocycles. The van der Waals surface area contributed by atoms with Gasteiger partial charge in [-0.1, -0.05) is 50.3 Å². The van der Waals surface area contributed by atoms with Crippen LogP contribution in [0.3, 0.4) is 0 Å². The summed E-state index contributed by atoms with van der Waals surface area (Å²) in [5.74, 6) is 0.127. The van der Waals surface area contributed by atoms with Gasteiger partial charge in [0, 0.05) is 11.9 Å². The van der Waals surface area contributed by atoms with Crippen molar-refractivity contribution < 1.29 is 4.79 Å². The van der Waals surface area contributed by atoms with Gasteiger partial charge in [-0.3, -0.25) is 9.59 Å². The zero-order chi connectivity index (χ0) is 18.6. The Hall–Kier alpha value is -2.40. The van der Waals surface area contributed by atoms with Gasteiger partial charge in [0.15, 0.2) is 0 Å². The van der Waals surface area contributed by atoms with Gasteiger partial charge >= 0.3 is 0 Å². The van der Waals surface area contributed by atoms with Crippen molar-refractivity contribution in [2.45, 2.75) is 50.9 Å². The Balaban J connectivity index is 1.61. The Labute approximate surface area is 162 Å². The van der Waals surface area contributed by atoms with Crippen LogP contribution < -0.4 is 10.7 Å². The summed E-state index contributed by atoms with van der Waals surface area (Å²) < 4.78 is 0. The number of pyridine rings is 1. The molecule has 2 aromatic heterocycles. The summed E-state index contributed by atoms with van der Waals surface area (Å²) >= 11 is 1.46. The lowest BCUT2D eigenvalue weighted by atomic mass is 9.85. The zero-order valence-electron chi connectivity index (χ0n) is 15.3. The van der Waals surface area contributed by atoms with E-state index in [2.05, 4.69) is 16.4 Å². The lowest BCUT2D eigenvalue weighted by Crippen LogP contribution is -2.22. The number of hydrogen-bond acceptors (Lipinski definition) is 3. The van der Waals surface area contributed by atoms with Gasteiger partial charge in [-0.15, -0.1) is 11.3 Å². The summed E-state index contributed by atoms with van der Waals surface area (Å²) in [4.78, 5) is 29.3. The first-order chi connectivity index (χ1) is 13.2. The third-order valence-electron chi connectivity index (χ3n) is 5.50. The lowest BCUT2D eigenvalue weighted by Gasteiger charge is -2.22. The van der Waals surface area contributed by atoms with Crippen LogP contribution in [0, 0.1) is 0 Å². The first kappa shape index (κ1) is 18.0. The third-order valence-corrected chi connectivity index (χ3v) is 6.35. The molecule has 0 spiro atoms. The number of fused-ring (bicyclic) bond motifs is 1. The molecule has 0 radical (unpaired) electrons. The minimum atomic E-state index is -0.345.